The number of aryl methyl sites for hydroxylation is 1. The summed E-state index contributed by atoms with van der Waals surface area (Å²) < 4.78 is 5.74. The van der Waals surface area contributed by atoms with Gasteiger partial charge in [0.1, 0.15) is 0 Å². The van der Waals surface area contributed by atoms with Crippen LogP contribution in [0.25, 0.3) is 17.0 Å². The summed E-state index contributed by atoms with van der Waals surface area (Å²) in [6.45, 7) is 2.51. The van der Waals surface area contributed by atoms with Crippen LogP contribution in [0.2, 0.25) is 5.02 Å². The molecule has 35 heavy (non-hydrogen) atoms. The third-order valence-electron chi connectivity index (χ3n) is 6.18. The van der Waals surface area contributed by atoms with Crippen LogP contribution in [-0.2, 0) is 6.42 Å². The summed E-state index contributed by atoms with van der Waals surface area (Å²) in [5.74, 6) is 0.887. The fourth-order valence-electron chi connectivity index (χ4n) is 4.36. The number of urea groups is 1. The van der Waals surface area contributed by atoms with Crippen molar-refractivity contribution in [3.05, 3.63) is 113 Å². The van der Waals surface area contributed by atoms with E-state index in [1.54, 1.807) is 4.90 Å². The summed E-state index contributed by atoms with van der Waals surface area (Å²) >= 11 is 6.11. The van der Waals surface area contributed by atoms with Crippen LogP contribution in [0.1, 0.15) is 36.4 Å². The second kappa shape index (κ2) is 10.2. The highest BCUT2D eigenvalue weighted by Gasteiger charge is 2.35. The Morgan fingerprint density at radius 1 is 0.971 bits per heavy atom. The van der Waals surface area contributed by atoms with Crippen molar-refractivity contribution in [3.63, 3.8) is 0 Å². The lowest BCUT2D eigenvalue weighted by Gasteiger charge is -2.35. The van der Waals surface area contributed by atoms with Gasteiger partial charge < -0.3 is 9.84 Å². The number of aromatic nitrogens is 2. The van der Waals surface area contributed by atoms with E-state index in [-0.39, 0.29) is 6.03 Å². The number of amides is 2. The summed E-state index contributed by atoms with van der Waals surface area (Å²) in [6.07, 6.45) is 1.71. The lowest BCUT2D eigenvalue weighted by atomic mass is 9.94. The quantitative estimate of drug-likeness (QED) is 0.324. The predicted octanol–water partition coefficient (Wildman–Crippen LogP) is 6.52. The molecule has 1 atom stereocenters. The molecule has 0 aliphatic carbocycles. The number of nitrogens with zero attached hydrogens (tertiary/aromatic N) is 3. The molecule has 0 radical (unpaired) electrons. The molecule has 1 aromatic heterocycles. The first-order valence-electron chi connectivity index (χ1n) is 11.6. The van der Waals surface area contributed by atoms with E-state index < -0.39 is 6.04 Å². The van der Waals surface area contributed by atoms with Gasteiger partial charge in [0, 0.05) is 22.8 Å². The second-order valence-corrected chi connectivity index (χ2v) is 8.90. The van der Waals surface area contributed by atoms with Crippen LogP contribution in [0.5, 0.6) is 0 Å². The maximum Gasteiger partial charge on any atom is 0.322 e. The third kappa shape index (κ3) is 4.98. The summed E-state index contributed by atoms with van der Waals surface area (Å²) in [5, 5.41) is 7.98. The maximum absolute atomic E-state index is 13.2. The number of rotatable bonds is 7. The fourth-order valence-corrected chi connectivity index (χ4v) is 4.48. The van der Waals surface area contributed by atoms with Gasteiger partial charge in [0.05, 0.1) is 11.6 Å². The molecule has 1 N–H and O–H groups in total. The zero-order valence-electron chi connectivity index (χ0n) is 19.3. The molecule has 176 valence electrons. The lowest BCUT2D eigenvalue weighted by Crippen LogP contribution is -2.46. The molecule has 5 rings (SSSR count). The van der Waals surface area contributed by atoms with E-state index in [4.69, 9.17) is 21.1 Å². The van der Waals surface area contributed by atoms with Gasteiger partial charge in [-0.05, 0) is 43.0 Å². The predicted molar refractivity (Wildman–Crippen MR) is 137 cm³/mol. The molecule has 7 heteroatoms. The van der Waals surface area contributed by atoms with Crippen molar-refractivity contribution in [2.45, 2.75) is 25.8 Å². The Morgan fingerprint density at radius 3 is 2.37 bits per heavy atom. The minimum Gasteiger partial charge on any atom is -0.334 e. The number of benzene rings is 3. The second-order valence-electron chi connectivity index (χ2n) is 8.46. The van der Waals surface area contributed by atoms with Crippen LogP contribution in [0, 0.1) is 0 Å². The zero-order chi connectivity index (χ0) is 24.2. The molecule has 2 amide bonds. The van der Waals surface area contributed by atoms with Gasteiger partial charge in [-0.15, -0.1) is 0 Å². The van der Waals surface area contributed by atoms with Crippen molar-refractivity contribution in [2.24, 2.45) is 0 Å². The Labute approximate surface area is 209 Å². The molecule has 0 saturated heterocycles. The van der Waals surface area contributed by atoms with Gasteiger partial charge in [0.2, 0.25) is 5.82 Å². The van der Waals surface area contributed by atoms with Crippen LogP contribution in [0.3, 0.4) is 0 Å². The zero-order valence-corrected chi connectivity index (χ0v) is 20.1. The summed E-state index contributed by atoms with van der Waals surface area (Å²) in [5.41, 5.74) is 4.57. The first kappa shape index (κ1) is 22.9. The van der Waals surface area contributed by atoms with Crippen molar-refractivity contribution >= 4 is 23.2 Å². The SMILES string of the molecule is CC1=C(c2nc(-c3ccccc3)no2)C(c2ccc(Cl)cc2)NC(=O)N1CCCc1ccccc1. The van der Waals surface area contributed by atoms with Gasteiger partial charge in [0.25, 0.3) is 5.89 Å². The molecule has 1 aliphatic heterocycles. The highest BCUT2D eigenvalue weighted by atomic mass is 35.5. The Balaban J connectivity index is 1.49. The number of hydrogen-bond acceptors (Lipinski definition) is 4. The number of allylic oxidation sites excluding steroid dienone is 1. The summed E-state index contributed by atoms with van der Waals surface area (Å²) in [7, 11) is 0. The third-order valence-corrected chi connectivity index (χ3v) is 6.43. The Bertz CT molecular complexity index is 1330. The lowest BCUT2D eigenvalue weighted by molar-refractivity contribution is 0.204. The number of carbonyl (C=O) groups excluding carboxylic acids is 1. The van der Waals surface area contributed by atoms with Crippen LogP contribution >= 0.6 is 11.6 Å². The smallest absolute Gasteiger partial charge is 0.322 e. The molecule has 1 aliphatic rings. The van der Waals surface area contributed by atoms with Crippen molar-refractivity contribution in [1.29, 1.82) is 0 Å². The number of hydrogen-bond donors (Lipinski definition) is 1. The highest BCUT2D eigenvalue weighted by Crippen LogP contribution is 2.37. The van der Waals surface area contributed by atoms with Gasteiger partial charge in [-0.2, -0.15) is 4.98 Å². The van der Waals surface area contributed by atoms with Crippen molar-refractivity contribution < 1.29 is 9.32 Å². The molecule has 0 bridgehead atoms. The Morgan fingerprint density at radius 2 is 1.66 bits per heavy atom. The normalized spacial score (nSPS) is 15.9. The van der Waals surface area contributed by atoms with Gasteiger partial charge in [0.15, 0.2) is 0 Å². The number of carbonyl (C=O) groups is 1. The van der Waals surface area contributed by atoms with E-state index in [0.29, 0.717) is 23.3 Å². The van der Waals surface area contributed by atoms with Crippen molar-refractivity contribution in [3.8, 4) is 11.4 Å². The van der Waals surface area contributed by atoms with Gasteiger partial charge >= 0.3 is 6.03 Å². The van der Waals surface area contributed by atoms with Crippen molar-refractivity contribution in [1.82, 2.24) is 20.4 Å². The largest absolute Gasteiger partial charge is 0.334 e. The van der Waals surface area contributed by atoms with Crippen LogP contribution in [-0.4, -0.2) is 27.6 Å². The van der Waals surface area contributed by atoms with Gasteiger partial charge in [-0.1, -0.05) is 89.6 Å². The first-order valence-corrected chi connectivity index (χ1v) is 12.0. The van der Waals surface area contributed by atoms with E-state index in [2.05, 4.69) is 22.6 Å². The average molecular weight is 485 g/mol. The molecule has 1 unspecified atom stereocenters. The van der Waals surface area contributed by atoms with Crippen LogP contribution < -0.4 is 5.32 Å². The van der Waals surface area contributed by atoms with Crippen molar-refractivity contribution in [2.75, 3.05) is 6.54 Å². The van der Waals surface area contributed by atoms with Gasteiger partial charge in [-0.3, -0.25) is 4.90 Å². The van der Waals surface area contributed by atoms with Crippen LogP contribution in [0.4, 0.5) is 4.79 Å². The Hall–Kier alpha value is -3.90. The first-order chi connectivity index (χ1) is 17.1. The molecule has 3 aromatic carbocycles. The van der Waals surface area contributed by atoms with E-state index >= 15 is 0 Å². The molecular weight excluding hydrogens is 460 g/mol. The molecule has 0 saturated carbocycles. The molecule has 2 heterocycles. The van der Waals surface area contributed by atoms with Crippen LogP contribution in [0.15, 0.2) is 95.1 Å². The summed E-state index contributed by atoms with van der Waals surface area (Å²) in [6, 6.07) is 26.8. The standard InChI is InChI=1S/C28H25ClN4O2/c1-19-24(27-31-26(32-35-27)22-12-6-3-7-13-22)25(21-14-16-23(29)17-15-21)30-28(34)33(19)18-8-11-20-9-4-2-5-10-20/h2-7,9-10,12-17,25H,8,11,18H2,1H3,(H,30,34). The van der Waals surface area contributed by atoms with E-state index in [0.717, 1.165) is 35.2 Å². The van der Waals surface area contributed by atoms with E-state index in [9.17, 15) is 4.79 Å². The highest BCUT2D eigenvalue weighted by molar-refractivity contribution is 6.30. The molecule has 0 spiro atoms. The van der Waals surface area contributed by atoms with Gasteiger partial charge in [-0.25, -0.2) is 4.79 Å². The molecule has 6 nitrogen and oxygen atoms in total. The summed E-state index contributed by atoms with van der Waals surface area (Å²) in [4.78, 5) is 19.6. The van der Waals surface area contributed by atoms with E-state index in [1.165, 1.54) is 5.56 Å². The minimum absolute atomic E-state index is 0.151. The molecular formula is C28H25ClN4O2. The van der Waals surface area contributed by atoms with E-state index in [1.807, 2.05) is 79.7 Å². The minimum atomic E-state index is -0.436. The fraction of sp³-hybridized carbons (Fsp3) is 0.179. The maximum atomic E-state index is 13.2. The molecule has 0 fully saturated rings. The Kier molecular flexibility index (Phi) is 6.64. The molecule has 4 aromatic rings. The number of nitrogens with one attached hydrogen (secondary N) is 1. The monoisotopic (exact) mass is 484 g/mol. The topological polar surface area (TPSA) is 71.3 Å². The average Bonchev–Trinajstić information content (AvgIpc) is 3.37. The number of halogens is 1.